The SMILES string of the molecule is O=C(NCCOCCOCCNc1nc(Nc2ccccc2)nc(N2CCCCC2)n1)c1ccccc1. The summed E-state index contributed by atoms with van der Waals surface area (Å²) < 4.78 is 11.2. The number of amides is 1. The second-order valence-corrected chi connectivity index (χ2v) is 8.59. The second kappa shape index (κ2) is 14.7. The molecule has 1 aromatic heterocycles. The Morgan fingerprint density at radius 2 is 1.41 bits per heavy atom. The van der Waals surface area contributed by atoms with Crippen LogP contribution in [0.2, 0.25) is 0 Å². The van der Waals surface area contributed by atoms with Crippen molar-refractivity contribution in [2.45, 2.75) is 19.3 Å². The Bertz CT molecular complexity index is 1080. The molecule has 0 bridgehead atoms. The van der Waals surface area contributed by atoms with E-state index < -0.39 is 0 Å². The Kier molecular flexibility index (Phi) is 10.5. The van der Waals surface area contributed by atoms with Gasteiger partial charge in [-0.25, -0.2) is 0 Å². The molecule has 1 aliphatic rings. The van der Waals surface area contributed by atoms with Crippen LogP contribution < -0.4 is 20.9 Å². The minimum Gasteiger partial charge on any atom is -0.377 e. The summed E-state index contributed by atoms with van der Waals surface area (Å²) in [6, 6.07) is 19.0. The van der Waals surface area contributed by atoms with Crippen LogP contribution >= 0.6 is 0 Å². The first-order chi connectivity index (χ1) is 18.3. The first kappa shape index (κ1) is 26.3. The van der Waals surface area contributed by atoms with Crippen molar-refractivity contribution in [3.8, 4) is 0 Å². The fourth-order valence-electron chi connectivity index (χ4n) is 3.87. The quantitative estimate of drug-likeness (QED) is 0.283. The van der Waals surface area contributed by atoms with Gasteiger partial charge < -0.3 is 30.3 Å². The highest BCUT2D eigenvalue weighted by atomic mass is 16.5. The lowest BCUT2D eigenvalue weighted by Gasteiger charge is -2.27. The van der Waals surface area contributed by atoms with Gasteiger partial charge in [-0.05, 0) is 43.5 Å². The number of benzene rings is 2. The average molecular weight is 506 g/mol. The van der Waals surface area contributed by atoms with Gasteiger partial charge in [0.2, 0.25) is 17.8 Å². The summed E-state index contributed by atoms with van der Waals surface area (Å²) in [5.41, 5.74) is 1.56. The molecule has 1 fully saturated rings. The molecule has 4 rings (SSSR count). The third kappa shape index (κ3) is 9.00. The molecule has 1 amide bonds. The molecule has 0 radical (unpaired) electrons. The van der Waals surface area contributed by atoms with Crippen LogP contribution in [-0.2, 0) is 9.47 Å². The molecule has 0 unspecified atom stereocenters. The molecular weight excluding hydrogens is 470 g/mol. The van der Waals surface area contributed by atoms with Crippen LogP contribution in [0.3, 0.4) is 0 Å². The summed E-state index contributed by atoms with van der Waals surface area (Å²) in [5, 5.41) is 9.35. The van der Waals surface area contributed by atoms with E-state index in [-0.39, 0.29) is 5.91 Å². The van der Waals surface area contributed by atoms with Crippen LogP contribution in [0, 0.1) is 0 Å². The number of aromatic nitrogens is 3. The second-order valence-electron chi connectivity index (χ2n) is 8.59. The molecule has 1 aliphatic heterocycles. The molecule has 3 N–H and O–H groups in total. The summed E-state index contributed by atoms with van der Waals surface area (Å²) in [5.74, 6) is 1.61. The van der Waals surface area contributed by atoms with E-state index in [0.29, 0.717) is 62.9 Å². The van der Waals surface area contributed by atoms with Gasteiger partial charge in [0.05, 0.1) is 26.4 Å². The van der Waals surface area contributed by atoms with E-state index in [4.69, 9.17) is 9.47 Å². The van der Waals surface area contributed by atoms with Crippen molar-refractivity contribution in [3.63, 3.8) is 0 Å². The average Bonchev–Trinajstić information content (AvgIpc) is 2.95. The monoisotopic (exact) mass is 505 g/mol. The van der Waals surface area contributed by atoms with E-state index in [9.17, 15) is 4.79 Å². The zero-order valence-electron chi connectivity index (χ0n) is 21.1. The summed E-state index contributed by atoms with van der Waals surface area (Å²) >= 11 is 0. The highest BCUT2D eigenvalue weighted by molar-refractivity contribution is 5.94. The van der Waals surface area contributed by atoms with Crippen LogP contribution in [0.4, 0.5) is 23.5 Å². The third-order valence-electron chi connectivity index (χ3n) is 5.76. The molecule has 3 aromatic rings. The number of nitrogens with one attached hydrogen (secondary N) is 3. The number of hydrogen-bond acceptors (Lipinski definition) is 9. The van der Waals surface area contributed by atoms with Gasteiger partial charge in [0.15, 0.2) is 0 Å². The van der Waals surface area contributed by atoms with Crippen molar-refractivity contribution in [2.75, 3.05) is 68.1 Å². The third-order valence-corrected chi connectivity index (χ3v) is 5.76. The lowest BCUT2D eigenvalue weighted by Crippen LogP contribution is -2.31. The smallest absolute Gasteiger partial charge is 0.251 e. The number of para-hydroxylation sites is 1. The van der Waals surface area contributed by atoms with Crippen LogP contribution in [0.1, 0.15) is 29.6 Å². The molecule has 196 valence electrons. The Morgan fingerprint density at radius 3 is 2.14 bits per heavy atom. The Hall–Kier alpha value is -3.76. The van der Waals surface area contributed by atoms with Crippen LogP contribution in [-0.4, -0.2) is 73.5 Å². The molecule has 0 atom stereocenters. The first-order valence-corrected chi connectivity index (χ1v) is 12.8. The van der Waals surface area contributed by atoms with Crippen molar-refractivity contribution in [1.82, 2.24) is 20.3 Å². The predicted octanol–water partition coefficient (Wildman–Crippen LogP) is 3.48. The Morgan fingerprint density at radius 1 is 0.757 bits per heavy atom. The van der Waals surface area contributed by atoms with E-state index >= 15 is 0 Å². The van der Waals surface area contributed by atoms with Crippen LogP contribution in [0.25, 0.3) is 0 Å². The van der Waals surface area contributed by atoms with Gasteiger partial charge in [0.25, 0.3) is 5.91 Å². The predicted molar refractivity (Wildman–Crippen MR) is 145 cm³/mol. The maximum absolute atomic E-state index is 12.0. The number of carbonyl (C=O) groups is 1. The van der Waals surface area contributed by atoms with Crippen LogP contribution in [0.5, 0.6) is 0 Å². The summed E-state index contributed by atoms with van der Waals surface area (Å²) in [4.78, 5) is 28.0. The number of anilines is 4. The maximum atomic E-state index is 12.0. The molecule has 1 saturated heterocycles. The number of rotatable bonds is 14. The number of piperidine rings is 1. The topological polar surface area (TPSA) is 114 Å². The van der Waals surface area contributed by atoms with Gasteiger partial charge in [-0.15, -0.1) is 0 Å². The molecular formula is C27H35N7O3. The Labute approximate surface area is 217 Å². The summed E-state index contributed by atoms with van der Waals surface area (Å²) in [7, 11) is 0. The zero-order chi connectivity index (χ0) is 25.5. The molecule has 0 saturated carbocycles. The van der Waals surface area contributed by atoms with Gasteiger partial charge in [0.1, 0.15) is 0 Å². The van der Waals surface area contributed by atoms with E-state index in [2.05, 4.69) is 35.8 Å². The lowest BCUT2D eigenvalue weighted by atomic mass is 10.1. The van der Waals surface area contributed by atoms with Crippen molar-refractivity contribution in [3.05, 3.63) is 66.2 Å². The van der Waals surface area contributed by atoms with Gasteiger partial charge in [0, 0.05) is 37.4 Å². The molecule has 10 nitrogen and oxygen atoms in total. The largest absolute Gasteiger partial charge is 0.377 e. The lowest BCUT2D eigenvalue weighted by molar-refractivity contribution is 0.0519. The van der Waals surface area contributed by atoms with Crippen molar-refractivity contribution < 1.29 is 14.3 Å². The van der Waals surface area contributed by atoms with Gasteiger partial charge >= 0.3 is 0 Å². The summed E-state index contributed by atoms with van der Waals surface area (Å²) in [6.45, 7) is 4.75. The fraction of sp³-hybridized carbons (Fsp3) is 0.407. The maximum Gasteiger partial charge on any atom is 0.251 e. The standard InChI is InChI=1S/C27H35N7O3/c35-24(22-10-4-1-5-11-22)28-14-18-36-20-21-37-19-15-29-25-31-26(30-23-12-6-2-7-13-23)33-27(32-25)34-16-8-3-9-17-34/h1-2,4-7,10-13H,3,8-9,14-21H2,(H,28,35)(H2,29,30,31,32,33). The van der Waals surface area contributed by atoms with Gasteiger partial charge in [-0.1, -0.05) is 36.4 Å². The van der Waals surface area contributed by atoms with Crippen LogP contribution in [0.15, 0.2) is 60.7 Å². The van der Waals surface area contributed by atoms with Gasteiger partial charge in [-0.2, -0.15) is 15.0 Å². The molecule has 2 aromatic carbocycles. The fourth-order valence-corrected chi connectivity index (χ4v) is 3.87. The van der Waals surface area contributed by atoms with Crippen molar-refractivity contribution in [2.24, 2.45) is 0 Å². The highest BCUT2D eigenvalue weighted by Crippen LogP contribution is 2.20. The van der Waals surface area contributed by atoms with E-state index in [1.54, 1.807) is 12.1 Å². The Balaban J connectivity index is 1.15. The van der Waals surface area contributed by atoms with Crippen molar-refractivity contribution >= 4 is 29.4 Å². The highest BCUT2D eigenvalue weighted by Gasteiger charge is 2.16. The van der Waals surface area contributed by atoms with Crippen molar-refractivity contribution in [1.29, 1.82) is 0 Å². The molecule has 0 spiro atoms. The minimum atomic E-state index is -0.101. The first-order valence-electron chi connectivity index (χ1n) is 12.8. The molecule has 0 aliphatic carbocycles. The molecule has 37 heavy (non-hydrogen) atoms. The van der Waals surface area contributed by atoms with E-state index in [1.165, 1.54) is 6.42 Å². The van der Waals surface area contributed by atoms with Gasteiger partial charge in [-0.3, -0.25) is 4.79 Å². The van der Waals surface area contributed by atoms with E-state index in [0.717, 1.165) is 31.6 Å². The summed E-state index contributed by atoms with van der Waals surface area (Å²) in [6.07, 6.45) is 3.53. The number of ether oxygens (including phenoxy) is 2. The van der Waals surface area contributed by atoms with E-state index in [1.807, 2.05) is 48.5 Å². The number of hydrogen-bond donors (Lipinski definition) is 3. The number of nitrogens with zero attached hydrogens (tertiary/aromatic N) is 4. The zero-order valence-corrected chi connectivity index (χ0v) is 21.1. The normalized spacial score (nSPS) is 13.2. The molecule has 10 heteroatoms. The minimum absolute atomic E-state index is 0.101. The molecule has 2 heterocycles. The number of carbonyl (C=O) groups excluding carboxylic acids is 1.